The molecule has 4 N–H and O–H groups in total. The van der Waals surface area contributed by atoms with Crippen molar-refractivity contribution < 1.29 is 29.7 Å². The maximum absolute atomic E-state index is 10.4. The number of aryl methyl sites for hydroxylation is 2. The van der Waals surface area contributed by atoms with Crippen LogP contribution in [-0.4, -0.2) is 52.9 Å². The first kappa shape index (κ1) is 27.6. The molecule has 3 rings (SSSR count). The number of nitrogens with one attached hydrogen (secondary N) is 1. The highest BCUT2D eigenvalue weighted by molar-refractivity contribution is 6.30. The average molecular weight is 501 g/mol. The highest BCUT2D eigenvalue weighted by atomic mass is 35.5. The van der Waals surface area contributed by atoms with Gasteiger partial charge in [0, 0.05) is 41.2 Å². The number of nitrogens with zero attached hydrogens (tertiary/aromatic N) is 1. The van der Waals surface area contributed by atoms with Crippen LogP contribution in [0.3, 0.4) is 0 Å². The lowest BCUT2D eigenvalue weighted by Gasteiger charge is -2.27. The van der Waals surface area contributed by atoms with Crippen molar-refractivity contribution in [1.29, 1.82) is 0 Å². The van der Waals surface area contributed by atoms with E-state index in [0.717, 1.165) is 50.3 Å². The molecule has 2 aromatic rings. The molecule has 8 nitrogen and oxygen atoms in total. The number of aliphatic carboxylic acids is 3. The van der Waals surface area contributed by atoms with E-state index in [4.69, 9.17) is 26.9 Å². The smallest absolute Gasteiger partial charge is 0.328 e. The van der Waals surface area contributed by atoms with Crippen LogP contribution in [0.15, 0.2) is 66.8 Å². The largest absolute Gasteiger partial charge is 0.478 e. The molecule has 0 aliphatic carbocycles. The van der Waals surface area contributed by atoms with Gasteiger partial charge in [0.2, 0.25) is 0 Å². The summed E-state index contributed by atoms with van der Waals surface area (Å²) in [5.74, 6) is -3.41. The minimum absolute atomic E-state index is 0.558. The molecule has 0 aromatic heterocycles. The molecule has 2 aromatic carbocycles. The second-order valence-corrected chi connectivity index (χ2v) is 8.13. The van der Waals surface area contributed by atoms with Gasteiger partial charge in [0.25, 0.3) is 0 Å². The zero-order valence-corrected chi connectivity index (χ0v) is 19.9. The Morgan fingerprint density at radius 2 is 1.49 bits per heavy atom. The molecule has 0 atom stereocenters. The molecule has 0 radical (unpaired) electrons. The summed E-state index contributed by atoms with van der Waals surface area (Å²) < 4.78 is 0. The van der Waals surface area contributed by atoms with Crippen molar-refractivity contribution in [2.24, 2.45) is 0 Å². The number of benzene rings is 2. The monoisotopic (exact) mass is 500 g/mol. The van der Waals surface area contributed by atoms with Crippen molar-refractivity contribution in [2.75, 3.05) is 24.5 Å². The third-order valence-corrected chi connectivity index (χ3v) is 5.37. The fraction of sp³-hybridized carbons (Fsp3) is 0.269. The fourth-order valence-corrected chi connectivity index (χ4v) is 3.79. The number of anilines is 2. The molecule has 0 amide bonds. The SMILES string of the molecule is O=C(O)/C=C/CCNCCCN1c2ccccc2CCc2ccc(Cl)cc21.O=C(O)/C=C\C(=O)O. The van der Waals surface area contributed by atoms with Gasteiger partial charge in [-0.3, -0.25) is 0 Å². The van der Waals surface area contributed by atoms with Gasteiger partial charge in [0.15, 0.2) is 0 Å². The molecule has 0 unspecified atom stereocenters. The van der Waals surface area contributed by atoms with E-state index in [1.807, 2.05) is 6.07 Å². The first-order chi connectivity index (χ1) is 16.8. The van der Waals surface area contributed by atoms with Crippen LogP contribution in [0.4, 0.5) is 11.4 Å². The first-order valence-electron chi connectivity index (χ1n) is 11.2. The lowest BCUT2D eigenvalue weighted by Crippen LogP contribution is -2.24. The molecule has 0 spiro atoms. The highest BCUT2D eigenvalue weighted by Gasteiger charge is 2.20. The summed E-state index contributed by atoms with van der Waals surface area (Å²) in [5, 5.41) is 28.3. The summed E-state index contributed by atoms with van der Waals surface area (Å²) in [5.41, 5.74) is 5.18. The number of fused-ring (bicyclic) bond motifs is 2. The van der Waals surface area contributed by atoms with Gasteiger partial charge >= 0.3 is 17.9 Å². The third kappa shape index (κ3) is 10.0. The van der Waals surface area contributed by atoms with Gasteiger partial charge < -0.3 is 25.5 Å². The van der Waals surface area contributed by atoms with Gasteiger partial charge in [0.05, 0.1) is 0 Å². The third-order valence-electron chi connectivity index (χ3n) is 5.14. The number of para-hydroxylation sites is 1. The second-order valence-electron chi connectivity index (χ2n) is 7.70. The Balaban J connectivity index is 0.000000466. The van der Waals surface area contributed by atoms with Gasteiger partial charge in [-0.15, -0.1) is 0 Å². The van der Waals surface area contributed by atoms with Crippen LogP contribution in [0, 0.1) is 0 Å². The van der Waals surface area contributed by atoms with E-state index in [0.29, 0.717) is 12.2 Å². The van der Waals surface area contributed by atoms with E-state index in [1.54, 1.807) is 6.08 Å². The van der Waals surface area contributed by atoms with E-state index in [-0.39, 0.29) is 0 Å². The Morgan fingerprint density at radius 1 is 0.857 bits per heavy atom. The van der Waals surface area contributed by atoms with Gasteiger partial charge in [-0.05, 0) is 68.1 Å². The zero-order valence-electron chi connectivity index (χ0n) is 19.2. The van der Waals surface area contributed by atoms with Crippen LogP contribution in [0.2, 0.25) is 5.02 Å². The highest BCUT2D eigenvalue weighted by Crippen LogP contribution is 2.37. The van der Waals surface area contributed by atoms with Gasteiger partial charge in [0.1, 0.15) is 0 Å². The normalized spacial score (nSPS) is 12.4. The molecule has 9 heteroatoms. The summed E-state index contributed by atoms with van der Waals surface area (Å²) >= 11 is 6.29. The Morgan fingerprint density at radius 3 is 2.14 bits per heavy atom. The summed E-state index contributed by atoms with van der Waals surface area (Å²) in [6, 6.07) is 14.8. The quantitative estimate of drug-likeness (QED) is 0.281. The summed E-state index contributed by atoms with van der Waals surface area (Å²) in [7, 11) is 0. The van der Waals surface area contributed by atoms with Crippen molar-refractivity contribution in [2.45, 2.75) is 25.7 Å². The average Bonchev–Trinajstić information content (AvgIpc) is 2.96. The van der Waals surface area contributed by atoms with Crippen LogP contribution in [-0.2, 0) is 27.2 Å². The number of hydrogen-bond donors (Lipinski definition) is 4. The Bertz CT molecular complexity index is 1070. The van der Waals surface area contributed by atoms with E-state index < -0.39 is 17.9 Å². The molecule has 0 fully saturated rings. The Hall–Kier alpha value is -3.62. The number of rotatable bonds is 10. The Kier molecular flexibility index (Phi) is 11.5. The number of carboxylic acids is 3. The molecular weight excluding hydrogens is 472 g/mol. The maximum Gasteiger partial charge on any atom is 0.328 e. The van der Waals surface area contributed by atoms with Crippen LogP contribution < -0.4 is 10.2 Å². The molecule has 0 bridgehead atoms. The van der Waals surface area contributed by atoms with Crippen molar-refractivity contribution in [3.63, 3.8) is 0 Å². The summed E-state index contributed by atoms with van der Waals surface area (Å²) in [6.07, 6.45) is 7.75. The molecule has 1 heterocycles. The number of halogens is 1. The fourth-order valence-electron chi connectivity index (χ4n) is 3.62. The van der Waals surface area contributed by atoms with E-state index in [1.165, 1.54) is 28.6 Å². The minimum atomic E-state index is -1.26. The predicted molar refractivity (Wildman–Crippen MR) is 136 cm³/mol. The van der Waals surface area contributed by atoms with Crippen LogP contribution in [0.5, 0.6) is 0 Å². The number of carboxylic acid groups (broad SMARTS) is 3. The summed E-state index contributed by atoms with van der Waals surface area (Å²) in [4.78, 5) is 31.9. The van der Waals surface area contributed by atoms with Gasteiger partial charge in [-0.1, -0.05) is 41.9 Å². The molecule has 186 valence electrons. The standard InChI is InChI=1S/C22H25ClN2O2.C4H4O4/c23-19-12-11-18-10-9-17-6-1-2-7-20(17)25(21(18)16-19)15-5-14-24-13-4-3-8-22(26)27;5-3(6)1-2-4(7)8/h1-3,6-8,11-12,16,24H,4-5,9-10,13-15H2,(H,26,27);1-2H,(H,5,6)(H,7,8)/b8-3+;2-1-. The molecule has 1 aliphatic rings. The minimum Gasteiger partial charge on any atom is -0.478 e. The maximum atomic E-state index is 10.4. The molecule has 0 saturated heterocycles. The van der Waals surface area contributed by atoms with Crippen LogP contribution in [0.1, 0.15) is 24.0 Å². The van der Waals surface area contributed by atoms with Crippen molar-refractivity contribution in [1.82, 2.24) is 5.32 Å². The van der Waals surface area contributed by atoms with Crippen molar-refractivity contribution in [3.8, 4) is 0 Å². The summed E-state index contributed by atoms with van der Waals surface area (Å²) in [6.45, 7) is 2.57. The zero-order chi connectivity index (χ0) is 25.6. The Labute approximate surface area is 209 Å². The first-order valence-corrected chi connectivity index (χ1v) is 11.5. The van der Waals surface area contributed by atoms with Gasteiger partial charge in [-0.2, -0.15) is 0 Å². The second kappa shape index (κ2) is 14.6. The van der Waals surface area contributed by atoms with Crippen molar-refractivity contribution in [3.05, 3.63) is 82.9 Å². The lowest BCUT2D eigenvalue weighted by atomic mass is 10.0. The molecule has 35 heavy (non-hydrogen) atoms. The lowest BCUT2D eigenvalue weighted by molar-refractivity contribution is -0.134. The van der Waals surface area contributed by atoms with Crippen LogP contribution >= 0.6 is 11.6 Å². The van der Waals surface area contributed by atoms with E-state index in [9.17, 15) is 14.4 Å². The number of carbonyl (C=O) groups is 3. The molecule has 0 saturated carbocycles. The molecule has 1 aliphatic heterocycles. The van der Waals surface area contributed by atoms with Crippen molar-refractivity contribution >= 4 is 40.9 Å². The van der Waals surface area contributed by atoms with Gasteiger partial charge in [-0.25, -0.2) is 14.4 Å². The van der Waals surface area contributed by atoms with Crippen LogP contribution in [0.25, 0.3) is 0 Å². The number of hydrogen-bond acceptors (Lipinski definition) is 5. The van der Waals surface area contributed by atoms with E-state index in [2.05, 4.69) is 46.6 Å². The van der Waals surface area contributed by atoms with E-state index >= 15 is 0 Å². The predicted octanol–water partition coefficient (Wildman–Crippen LogP) is 4.30. The molecular formula is C26H29ClN2O6. The topological polar surface area (TPSA) is 127 Å².